The molecule has 1 heterocycles. The van der Waals surface area contributed by atoms with Crippen LogP contribution >= 0.6 is 0 Å². The molecular formula is C9H12N2O. The Morgan fingerprint density at radius 3 is 2.92 bits per heavy atom. The Kier molecular flexibility index (Phi) is 1.94. The van der Waals surface area contributed by atoms with Crippen LogP contribution in [0.1, 0.15) is 37.4 Å². The van der Waals surface area contributed by atoms with E-state index in [-0.39, 0.29) is 0 Å². The zero-order chi connectivity index (χ0) is 8.39. The Hall–Kier alpha value is -1.12. The molecule has 0 saturated heterocycles. The summed E-state index contributed by atoms with van der Waals surface area (Å²) < 4.78 is 1.59. The van der Waals surface area contributed by atoms with Gasteiger partial charge in [-0.15, -0.1) is 0 Å². The zero-order valence-electron chi connectivity index (χ0n) is 6.94. The fraction of sp³-hybridized carbons (Fsp3) is 0.556. The highest BCUT2D eigenvalue weighted by Gasteiger charge is 2.20. The normalized spacial score (nSPS) is 18.3. The highest BCUT2D eigenvalue weighted by Crippen LogP contribution is 2.32. The first-order valence-corrected chi connectivity index (χ1v) is 4.40. The smallest absolute Gasteiger partial charge is 0.219 e. The van der Waals surface area contributed by atoms with E-state index in [0.29, 0.717) is 5.92 Å². The van der Waals surface area contributed by atoms with Crippen LogP contribution in [-0.4, -0.2) is 16.0 Å². The van der Waals surface area contributed by atoms with E-state index >= 15 is 0 Å². The molecule has 0 N–H and O–H groups in total. The largest absolute Gasteiger partial charge is 0.278 e. The third kappa shape index (κ3) is 1.15. The summed E-state index contributed by atoms with van der Waals surface area (Å²) >= 11 is 0. The van der Waals surface area contributed by atoms with Gasteiger partial charge in [-0.1, -0.05) is 12.8 Å². The molecule has 1 fully saturated rings. The molecule has 0 bridgehead atoms. The van der Waals surface area contributed by atoms with Crippen molar-refractivity contribution in [3.05, 3.63) is 18.2 Å². The van der Waals surface area contributed by atoms with Crippen LogP contribution < -0.4 is 0 Å². The Bertz CT molecular complexity index is 274. The SMILES string of the molecule is O=Cn1ccnc1C1CCCC1. The fourth-order valence-corrected chi connectivity index (χ4v) is 1.91. The lowest BCUT2D eigenvalue weighted by Gasteiger charge is -2.06. The summed E-state index contributed by atoms with van der Waals surface area (Å²) in [5, 5.41) is 0. The number of carbonyl (C=O) groups excluding carboxylic acids is 1. The van der Waals surface area contributed by atoms with Crippen LogP contribution in [0.2, 0.25) is 0 Å². The number of aromatic nitrogens is 2. The van der Waals surface area contributed by atoms with Crippen molar-refractivity contribution in [1.29, 1.82) is 0 Å². The molecule has 1 aromatic heterocycles. The lowest BCUT2D eigenvalue weighted by atomic mass is 10.1. The molecule has 3 heteroatoms. The van der Waals surface area contributed by atoms with Crippen LogP contribution in [0, 0.1) is 0 Å². The number of carbonyl (C=O) groups is 1. The van der Waals surface area contributed by atoms with Gasteiger partial charge in [0.25, 0.3) is 0 Å². The van der Waals surface area contributed by atoms with Crippen molar-refractivity contribution in [2.75, 3.05) is 0 Å². The summed E-state index contributed by atoms with van der Waals surface area (Å²) in [6.07, 6.45) is 9.17. The van der Waals surface area contributed by atoms with Crippen LogP contribution in [0.25, 0.3) is 0 Å². The first-order valence-electron chi connectivity index (χ1n) is 4.40. The van der Waals surface area contributed by atoms with Gasteiger partial charge in [0.1, 0.15) is 5.82 Å². The molecule has 1 aromatic rings. The van der Waals surface area contributed by atoms with Crippen molar-refractivity contribution in [2.45, 2.75) is 31.6 Å². The van der Waals surface area contributed by atoms with E-state index in [1.807, 2.05) is 0 Å². The van der Waals surface area contributed by atoms with Gasteiger partial charge in [-0.2, -0.15) is 0 Å². The molecule has 0 amide bonds. The first-order chi connectivity index (χ1) is 5.92. The molecule has 0 atom stereocenters. The van der Waals surface area contributed by atoms with Crippen LogP contribution in [-0.2, 0) is 4.79 Å². The number of hydrogen-bond donors (Lipinski definition) is 0. The van der Waals surface area contributed by atoms with Gasteiger partial charge >= 0.3 is 0 Å². The topological polar surface area (TPSA) is 34.9 Å². The maximum Gasteiger partial charge on any atom is 0.219 e. The van der Waals surface area contributed by atoms with Crippen molar-refractivity contribution in [1.82, 2.24) is 9.55 Å². The van der Waals surface area contributed by atoms with Gasteiger partial charge in [-0.25, -0.2) is 4.98 Å². The second-order valence-corrected chi connectivity index (χ2v) is 3.28. The van der Waals surface area contributed by atoms with Crippen LogP contribution in [0.4, 0.5) is 0 Å². The highest BCUT2D eigenvalue weighted by atomic mass is 16.1. The standard InChI is InChI=1S/C9H12N2O/c12-7-11-6-5-10-9(11)8-3-1-2-4-8/h5-8H,1-4H2. The number of imidazole rings is 1. The summed E-state index contributed by atoms with van der Waals surface area (Å²) in [6.45, 7) is 0. The van der Waals surface area contributed by atoms with Crippen molar-refractivity contribution in [3.63, 3.8) is 0 Å². The minimum atomic E-state index is 0.519. The molecule has 2 rings (SSSR count). The summed E-state index contributed by atoms with van der Waals surface area (Å²) in [5.74, 6) is 1.47. The fourth-order valence-electron chi connectivity index (χ4n) is 1.91. The second-order valence-electron chi connectivity index (χ2n) is 3.28. The van der Waals surface area contributed by atoms with Gasteiger partial charge in [0.2, 0.25) is 6.41 Å². The van der Waals surface area contributed by atoms with Gasteiger partial charge < -0.3 is 0 Å². The van der Waals surface area contributed by atoms with E-state index in [0.717, 1.165) is 12.2 Å². The van der Waals surface area contributed by atoms with Crippen molar-refractivity contribution < 1.29 is 4.79 Å². The first kappa shape index (κ1) is 7.53. The molecule has 1 saturated carbocycles. The zero-order valence-corrected chi connectivity index (χ0v) is 6.94. The molecule has 1 aliphatic rings. The van der Waals surface area contributed by atoms with E-state index in [4.69, 9.17) is 0 Å². The summed E-state index contributed by atoms with van der Waals surface area (Å²) in [6, 6.07) is 0. The van der Waals surface area contributed by atoms with Gasteiger partial charge in [0.15, 0.2) is 0 Å². The van der Waals surface area contributed by atoms with E-state index in [2.05, 4.69) is 4.98 Å². The average Bonchev–Trinajstić information content (AvgIpc) is 2.74. The van der Waals surface area contributed by atoms with E-state index < -0.39 is 0 Å². The number of nitrogens with zero attached hydrogens (tertiary/aromatic N) is 2. The quantitative estimate of drug-likeness (QED) is 0.622. The summed E-state index contributed by atoms with van der Waals surface area (Å²) in [5.41, 5.74) is 0. The van der Waals surface area contributed by atoms with Gasteiger partial charge in [0, 0.05) is 18.3 Å². The Balaban J connectivity index is 2.25. The molecule has 12 heavy (non-hydrogen) atoms. The maximum absolute atomic E-state index is 10.6. The monoisotopic (exact) mass is 164 g/mol. The number of rotatable bonds is 2. The van der Waals surface area contributed by atoms with Crippen molar-refractivity contribution in [3.8, 4) is 0 Å². The average molecular weight is 164 g/mol. The minimum Gasteiger partial charge on any atom is -0.278 e. The molecule has 1 aliphatic carbocycles. The van der Waals surface area contributed by atoms with Crippen LogP contribution in [0.15, 0.2) is 12.4 Å². The van der Waals surface area contributed by atoms with E-state index in [1.165, 1.54) is 25.7 Å². The predicted molar refractivity (Wildman–Crippen MR) is 45.6 cm³/mol. The van der Waals surface area contributed by atoms with Crippen molar-refractivity contribution >= 4 is 6.41 Å². The Labute approximate surface area is 71.4 Å². The lowest BCUT2D eigenvalue weighted by Crippen LogP contribution is -2.04. The third-order valence-electron chi connectivity index (χ3n) is 2.53. The third-order valence-corrected chi connectivity index (χ3v) is 2.53. The Morgan fingerprint density at radius 2 is 2.25 bits per heavy atom. The molecule has 0 aromatic carbocycles. The van der Waals surface area contributed by atoms with Crippen LogP contribution in [0.3, 0.4) is 0 Å². The van der Waals surface area contributed by atoms with Gasteiger partial charge in [0.05, 0.1) is 0 Å². The lowest BCUT2D eigenvalue weighted by molar-refractivity contribution is 0.539. The molecule has 64 valence electrons. The maximum atomic E-state index is 10.6. The molecular weight excluding hydrogens is 152 g/mol. The van der Waals surface area contributed by atoms with E-state index in [9.17, 15) is 4.79 Å². The summed E-state index contributed by atoms with van der Waals surface area (Å²) in [4.78, 5) is 14.8. The highest BCUT2D eigenvalue weighted by molar-refractivity contribution is 5.53. The molecule has 0 aliphatic heterocycles. The Morgan fingerprint density at radius 1 is 1.50 bits per heavy atom. The molecule has 3 nitrogen and oxygen atoms in total. The van der Waals surface area contributed by atoms with Crippen molar-refractivity contribution in [2.24, 2.45) is 0 Å². The van der Waals surface area contributed by atoms with Gasteiger partial charge in [-0.05, 0) is 12.8 Å². The molecule has 0 radical (unpaired) electrons. The van der Waals surface area contributed by atoms with Gasteiger partial charge in [-0.3, -0.25) is 9.36 Å². The predicted octanol–water partition coefficient (Wildman–Crippen LogP) is 1.58. The van der Waals surface area contributed by atoms with E-state index in [1.54, 1.807) is 17.0 Å². The van der Waals surface area contributed by atoms with Crippen LogP contribution in [0.5, 0.6) is 0 Å². The number of hydrogen-bond acceptors (Lipinski definition) is 2. The molecule has 0 unspecified atom stereocenters. The second kappa shape index (κ2) is 3.09. The minimum absolute atomic E-state index is 0.519. The summed E-state index contributed by atoms with van der Waals surface area (Å²) in [7, 11) is 0. The molecule has 0 spiro atoms.